The molecule has 2 rings (SSSR count). The highest BCUT2D eigenvalue weighted by molar-refractivity contribution is 5.41. The van der Waals surface area contributed by atoms with Crippen LogP contribution in [-0.4, -0.2) is 18.1 Å². The zero-order chi connectivity index (χ0) is 13.3. The molecule has 0 spiro atoms. The average molecular weight is 248 g/mol. The molecule has 1 aliphatic carbocycles. The topological polar surface area (TPSA) is 48.1 Å². The van der Waals surface area contributed by atoms with E-state index in [0.29, 0.717) is 5.92 Å². The van der Waals surface area contributed by atoms with Crippen molar-refractivity contribution in [3.63, 3.8) is 0 Å². The SMILES string of the molecule is COc1c(C)cnc(CC(N)C(C)C2CC2)c1C. The van der Waals surface area contributed by atoms with Gasteiger partial charge in [-0.15, -0.1) is 0 Å². The molecule has 0 aliphatic heterocycles. The van der Waals surface area contributed by atoms with Crippen LogP contribution in [0.15, 0.2) is 6.20 Å². The molecule has 0 radical (unpaired) electrons. The quantitative estimate of drug-likeness (QED) is 0.871. The Labute approximate surface area is 110 Å². The third kappa shape index (κ3) is 2.66. The van der Waals surface area contributed by atoms with E-state index in [1.54, 1.807) is 7.11 Å². The lowest BCUT2D eigenvalue weighted by molar-refractivity contribution is 0.394. The molecule has 100 valence electrons. The molecule has 1 aliphatic rings. The van der Waals surface area contributed by atoms with Gasteiger partial charge in [0.1, 0.15) is 5.75 Å². The summed E-state index contributed by atoms with van der Waals surface area (Å²) >= 11 is 0. The Morgan fingerprint density at radius 3 is 2.67 bits per heavy atom. The first-order valence-electron chi connectivity index (χ1n) is 6.79. The van der Waals surface area contributed by atoms with Crippen molar-refractivity contribution in [2.75, 3.05) is 7.11 Å². The van der Waals surface area contributed by atoms with Gasteiger partial charge in [0.2, 0.25) is 0 Å². The third-order valence-corrected chi connectivity index (χ3v) is 4.22. The van der Waals surface area contributed by atoms with Crippen molar-refractivity contribution in [3.8, 4) is 5.75 Å². The molecule has 1 aromatic heterocycles. The van der Waals surface area contributed by atoms with Gasteiger partial charge in [-0.3, -0.25) is 4.98 Å². The van der Waals surface area contributed by atoms with Gasteiger partial charge in [-0.1, -0.05) is 6.92 Å². The number of rotatable bonds is 5. The summed E-state index contributed by atoms with van der Waals surface area (Å²) in [5.74, 6) is 2.39. The molecule has 1 aromatic rings. The van der Waals surface area contributed by atoms with E-state index in [0.717, 1.165) is 34.9 Å². The number of aromatic nitrogens is 1. The van der Waals surface area contributed by atoms with Crippen molar-refractivity contribution in [1.29, 1.82) is 0 Å². The number of hydrogen-bond donors (Lipinski definition) is 1. The van der Waals surface area contributed by atoms with Crippen LogP contribution in [0.2, 0.25) is 0 Å². The Kier molecular flexibility index (Phi) is 3.91. The molecule has 0 bridgehead atoms. The smallest absolute Gasteiger partial charge is 0.128 e. The van der Waals surface area contributed by atoms with Crippen LogP contribution in [-0.2, 0) is 6.42 Å². The van der Waals surface area contributed by atoms with E-state index in [4.69, 9.17) is 10.5 Å². The standard InChI is InChI=1S/C15H24N2O/c1-9-8-17-14(11(3)15(9)18-4)7-13(16)10(2)12-5-6-12/h8,10,12-13H,5-7,16H2,1-4H3. The van der Waals surface area contributed by atoms with Gasteiger partial charge < -0.3 is 10.5 Å². The Balaban J connectivity index is 2.13. The lowest BCUT2D eigenvalue weighted by Gasteiger charge is -2.21. The Hall–Kier alpha value is -1.09. The summed E-state index contributed by atoms with van der Waals surface area (Å²) in [6.45, 7) is 6.36. The maximum Gasteiger partial charge on any atom is 0.128 e. The predicted octanol–water partition coefficient (Wildman–Crippen LogP) is 2.62. The van der Waals surface area contributed by atoms with Crippen molar-refractivity contribution in [3.05, 3.63) is 23.0 Å². The summed E-state index contributed by atoms with van der Waals surface area (Å²) in [5.41, 5.74) is 9.61. The van der Waals surface area contributed by atoms with Crippen LogP contribution < -0.4 is 10.5 Å². The molecule has 2 atom stereocenters. The predicted molar refractivity (Wildman–Crippen MR) is 73.8 cm³/mol. The van der Waals surface area contributed by atoms with Gasteiger partial charge in [0.25, 0.3) is 0 Å². The largest absolute Gasteiger partial charge is 0.496 e. The van der Waals surface area contributed by atoms with Gasteiger partial charge in [-0.25, -0.2) is 0 Å². The van der Waals surface area contributed by atoms with Crippen molar-refractivity contribution in [2.45, 2.75) is 46.1 Å². The van der Waals surface area contributed by atoms with Crippen LogP contribution in [0.5, 0.6) is 5.75 Å². The van der Waals surface area contributed by atoms with E-state index in [1.807, 2.05) is 13.1 Å². The highest BCUT2D eigenvalue weighted by Gasteiger charge is 2.32. The normalized spacial score (nSPS) is 18.5. The molecule has 1 heterocycles. The first-order chi connectivity index (χ1) is 8.54. The molecule has 2 N–H and O–H groups in total. The lowest BCUT2D eigenvalue weighted by atomic mass is 9.92. The summed E-state index contributed by atoms with van der Waals surface area (Å²) in [5, 5.41) is 0. The van der Waals surface area contributed by atoms with Gasteiger partial charge in [-0.2, -0.15) is 0 Å². The second-order valence-corrected chi connectivity index (χ2v) is 5.61. The van der Waals surface area contributed by atoms with Crippen LogP contribution >= 0.6 is 0 Å². The molecule has 3 nitrogen and oxygen atoms in total. The number of methoxy groups -OCH3 is 1. The highest BCUT2D eigenvalue weighted by Crippen LogP contribution is 2.38. The number of nitrogens with two attached hydrogens (primary N) is 1. The number of aryl methyl sites for hydroxylation is 1. The fourth-order valence-electron chi connectivity index (χ4n) is 2.66. The van der Waals surface area contributed by atoms with E-state index in [9.17, 15) is 0 Å². The summed E-state index contributed by atoms with van der Waals surface area (Å²) < 4.78 is 5.44. The Morgan fingerprint density at radius 2 is 2.11 bits per heavy atom. The van der Waals surface area contributed by atoms with E-state index < -0.39 is 0 Å². The first kappa shape index (κ1) is 13.3. The summed E-state index contributed by atoms with van der Waals surface area (Å²) in [4.78, 5) is 4.53. The maximum absolute atomic E-state index is 6.31. The van der Waals surface area contributed by atoms with Crippen LogP contribution in [0.4, 0.5) is 0 Å². The Bertz CT molecular complexity index is 427. The van der Waals surface area contributed by atoms with E-state index in [2.05, 4.69) is 18.8 Å². The van der Waals surface area contributed by atoms with E-state index in [-0.39, 0.29) is 6.04 Å². The summed E-state index contributed by atoms with van der Waals surface area (Å²) in [6, 6.07) is 0.205. The molecular weight excluding hydrogens is 224 g/mol. The second-order valence-electron chi connectivity index (χ2n) is 5.61. The number of nitrogens with zero attached hydrogens (tertiary/aromatic N) is 1. The van der Waals surface area contributed by atoms with Gasteiger partial charge >= 0.3 is 0 Å². The van der Waals surface area contributed by atoms with E-state index >= 15 is 0 Å². The molecule has 0 aromatic carbocycles. The molecule has 18 heavy (non-hydrogen) atoms. The minimum absolute atomic E-state index is 0.205. The molecule has 1 fully saturated rings. The van der Waals surface area contributed by atoms with Crippen LogP contribution in [0.25, 0.3) is 0 Å². The minimum atomic E-state index is 0.205. The Morgan fingerprint density at radius 1 is 1.44 bits per heavy atom. The number of ether oxygens (including phenoxy) is 1. The molecular formula is C15H24N2O. The summed E-state index contributed by atoms with van der Waals surface area (Å²) in [7, 11) is 1.71. The average Bonchev–Trinajstić information content (AvgIpc) is 3.16. The molecule has 0 amide bonds. The molecule has 1 saturated carbocycles. The highest BCUT2D eigenvalue weighted by atomic mass is 16.5. The molecule has 2 unspecified atom stereocenters. The fourth-order valence-corrected chi connectivity index (χ4v) is 2.66. The van der Waals surface area contributed by atoms with Crippen LogP contribution in [0.3, 0.4) is 0 Å². The second kappa shape index (κ2) is 5.27. The lowest BCUT2D eigenvalue weighted by Crippen LogP contribution is -2.32. The van der Waals surface area contributed by atoms with Crippen molar-refractivity contribution in [1.82, 2.24) is 4.98 Å². The zero-order valence-electron chi connectivity index (χ0n) is 11.9. The van der Waals surface area contributed by atoms with Crippen molar-refractivity contribution < 1.29 is 4.74 Å². The summed E-state index contributed by atoms with van der Waals surface area (Å²) in [6.07, 6.45) is 5.42. The first-order valence-corrected chi connectivity index (χ1v) is 6.79. The van der Waals surface area contributed by atoms with Gasteiger partial charge in [0, 0.05) is 35.5 Å². The van der Waals surface area contributed by atoms with Crippen LogP contribution in [0, 0.1) is 25.7 Å². The monoisotopic (exact) mass is 248 g/mol. The van der Waals surface area contributed by atoms with E-state index in [1.165, 1.54) is 12.8 Å². The maximum atomic E-state index is 6.31. The minimum Gasteiger partial charge on any atom is -0.496 e. The van der Waals surface area contributed by atoms with Gasteiger partial charge in [0.05, 0.1) is 7.11 Å². The van der Waals surface area contributed by atoms with Gasteiger partial charge in [0.15, 0.2) is 0 Å². The number of pyridine rings is 1. The van der Waals surface area contributed by atoms with Crippen molar-refractivity contribution >= 4 is 0 Å². The third-order valence-electron chi connectivity index (χ3n) is 4.22. The van der Waals surface area contributed by atoms with Crippen molar-refractivity contribution in [2.24, 2.45) is 17.6 Å². The van der Waals surface area contributed by atoms with Crippen LogP contribution in [0.1, 0.15) is 36.6 Å². The van der Waals surface area contributed by atoms with Gasteiger partial charge in [-0.05, 0) is 38.5 Å². The zero-order valence-corrected chi connectivity index (χ0v) is 11.9. The fraction of sp³-hybridized carbons (Fsp3) is 0.667. The molecule has 0 saturated heterocycles. The number of hydrogen-bond acceptors (Lipinski definition) is 3. The molecule has 3 heteroatoms.